The van der Waals surface area contributed by atoms with Gasteiger partial charge in [-0.2, -0.15) is 5.10 Å². The Morgan fingerprint density at radius 1 is 1.19 bits per heavy atom. The molecule has 0 saturated carbocycles. The quantitative estimate of drug-likeness (QED) is 0.677. The molecule has 0 atom stereocenters. The Balaban J connectivity index is 1.44. The van der Waals surface area contributed by atoms with E-state index in [4.69, 9.17) is 17.0 Å². The molecule has 0 amide bonds. The molecule has 142 valence electrons. The van der Waals surface area contributed by atoms with Crippen molar-refractivity contribution in [1.82, 2.24) is 19.2 Å². The molecule has 1 saturated heterocycles. The molecule has 1 fully saturated rings. The van der Waals surface area contributed by atoms with E-state index in [0.717, 1.165) is 42.6 Å². The molecule has 1 aromatic heterocycles. The molecule has 1 aliphatic heterocycles. The monoisotopic (exact) mass is 374 g/mol. The van der Waals surface area contributed by atoms with Crippen LogP contribution < -0.4 is 4.74 Å². The van der Waals surface area contributed by atoms with E-state index in [1.165, 1.54) is 24.8 Å². The molecule has 6 heteroatoms. The number of methoxy groups -OCH3 is 1. The zero-order valence-corrected chi connectivity index (χ0v) is 16.9. The molecule has 0 bridgehead atoms. The van der Waals surface area contributed by atoms with Crippen molar-refractivity contribution in [3.63, 3.8) is 0 Å². The van der Waals surface area contributed by atoms with E-state index in [-0.39, 0.29) is 0 Å². The van der Waals surface area contributed by atoms with Crippen LogP contribution in [-0.2, 0) is 13.1 Å². The van der Waals surface area contributed by atoms with Gasteiger partial charge in [0.1, 0.15) is 12.1 Å². The summed E-state index contributed by atoms with van der Waals surface area (Å²) in [7, 11) is 1.71. The Bertz CT molecular complexity index is 742. The van der Waals surface area contributed by atoms with Crippen molar-refractivity contribution < 1.29 is 4.74 Å². The van der Waals surface area contributed by atoms with E-state index in [1.54, 1.807) is 7.11 Å². The fourth-order valence-corrected chi connectivity index (χ4v) is 3.93. The summed E-state index contributed by atoms with van der Waals surface area (Å²) in [5.41, 5.74) is 1.40. The highest BCUT2D eigenvalue weighted by Crippen LogP contribution is 2.23. The van der Waals surface area contributed by atoms with Gasteiger partial charge in [0.2, 0.25) is 0 Å². The molecular weight excluding hydrogens is 344 g/mol. The van der Waals surface area contributed by atoms with Crippen LogP contribution in [0.1, 0.15) is 44.7 Å². The van der Waals surface area contributed by atoms with Crippen LogP contribution in [0, 0.1) is 10.7 Å². The largest absolute Gasteiger partial charge is 0.497 e. The number of piperidine rings is 1. The van der Waals surface area contributed by atoms with Gasteiger partial charge in [-0.05, 0) is 75.4 Å². The van der Waals surface area contributed by atoms with Gasteiger partial charge in [-0.25, -0.2) is 4.68 Å². The van der Waals surface area contributed by atoms with E-state index in [0.29, 0.717) is 6.04 Å². The molecule has 0 radical (unpaired) electrons. The highest BCUT2D eigenvalue weighted by atomic mass is 32.1. The number of hydrogen-bond donors (Lipinski definition) is 0. The Hall–Kier alpha value is -1.66. The Morgan fingerprint density at radius 3 is 2.46 bits per heavy atom. The second-order valence-corrected chi connectivity index (χ2v) is 7.87. The summed E-state index contributed by atoms with van der Waals surface area (Å²) >= 11 is 5.53. The predicted molar refractivity (Wildman–Crippen MR) is 107 cm³/mol. The molecule has 26 heavy (non-hydrogen) atoms. The Kier molecular flexibility index (Phi) is 6.48. The lowest BCUT2D eigenvalue weighted by atomic mass is 9.91. The van der Waals surface area contributed by atoms with Gasteiger partial charge in [0, 0.05) is 19.1 Å². The maximum Gasteiger partial charge on any atom is 0.199 e. The van der Waals surface area contributed by atoms with Crippen molar-refractivity contribution in [3.05, 3.63) is 40.9 Å². The maximum atomic E-state index is 5.53. The second kappa shape index (κ2) is 8.82. The third-order valence-corrected chi connectivity index (χ3v) is 5.78. The van der Waals surface area contributed by atoms with Gasteiger partial charge in [0.15, 0.2) is 4.77 Å². The highest BCUT2D eigenvalue weighted by Gasteiger charge is 2.20. The average Bonchev–Trinajstić information content (AvgIpc) is 3.02. The fraction of sp³-hybridized carbons (Fsp3) is 0.600. The first-order valence-corrected chi connectivity index (χ1v) is 9.97. The molecule has 1 aliphatic rings. The van der Waals surface area contributed by atoms with E-state index in [9.17, 15) is 0 Å². The van der Waals surface area contributed by atoms with E-state index in [2.05, 4.69) is 52.7 Å². The first-order chi connectivity index (χ1) is 12.6. The summed E-state index contributed by atoms with van der Waals surface area (Å²) in [5, 5.41) is 4.46. The van der Waals surface area contributed by atoms with E-state index >= 15 is 0 Å². The molecular formula is C20H30N4OS. The normalized spacial score (nSPS) is 16.3. The number of rotatable bonds is 7. The van der Waals surface area contributed by atoms with E-state index in [1.807, 2.05) is 11.0 Å². The number of hydrogen-bond acceptors (Lipinski definition) is 4. The third-order valence-electron chi connectivity index (χ3n) is 5.35. The van der Waals surface area contributed by atoms with Crippen molar-refractivity contribution in [1.29, 1.82) is 0 Å². The van der Waals surface area contributed by atoms with Crippen LogP contribution in [0.4, 0.5) is 0 Å². The topological polar surface area (TPSA) is 35.2 Å². The molecule has 5 nitrogen and oxygen atoms in total. The first-order valence-electron chi connectivity index (χ1n) is 9.56. The van der Waals surface area contributed by atoms with Gasteiger partial charge in [-0.1, -0.05) is 12.1 Å². The molecule has 3 rings (SSSR count). The summed E-state index contributed by atoms with van der Waals surface area (Å²) in [6, 6.07) is 8.83. The number of likely N-dealkylation sites (tertiary alicyclic amines) is 1. The standard InChI is InChI=1S/C20H30N4OS/c1-16(2)23-14-21-24(20(23)26)15-22-12-10-18(11-13-22)5-4-17-6-8-19(25-3)9-7-17/h6-9,14,16,18H,4-5,10-13,15H2,1-3H3. The first kappa shape index (κ1) is 19.1. The molecule has 1 aromatic carbocycles. The van der Waals surface area contributed by atoms with Gasteiger partial charge in [0.25, 0.3) is 0 Å². The van der Waals surface area contributed by atoms with Crippen molar-refractivity contribution in [2.75, 3.05) is 20.2 Å². The van der Waals surface area contributed by atoms with Gasteiger partial charge in [-0.3, -0.25) is 4.90 Å². The summed E-state index contributed by atoms with van der Waals surface area (Å²) in [5.74, 6) is 1.75. The molecule has 0 spiro atoms. The summed E-state index contributed by atoms with van der Waals surface area (Å²) in [4.78, 5) is 2.47. The zero-order valence-electron chi connectivity index (χ0n) is 16.1. The lowest BCUT2D eigenvalue weighted by Crippen LogP contribution is -2.35. The van der Waals surface area contributed by atoms with Crippen molar-refractivity contribution in [2.24, 2.45) is 5.92 Å². The summed E-state index contributed by atoms with van der Waals surface area (Å²) in [6.45, 7) is 7.34. The number of benzene rings is 1. The summed E-state index contributed by atoms with van der Waals surface area (Å²) < 4.78 is 10.1. The van der Waals surface area contributed by atoms with Gasteiger partial charge in [0.05, 0.1) is 13.8 Å². The minimum Gasteiger partial charge on any atom is -0.497 e. The third kappa shape index (κ3) is 4.74. The van der Waals surface area contributed by atoms with Crippen LogP contribution in [0.5, 0.6) is 5.75 Å². The maximum absolute atomic E-state index is 5.53. The number of aromatic nitrogens is 3. The van der Waals surface area contributed by atoms with Crippen molar-refractivity contribution in [3.8, 4) is 5.75 Å². The van der Waals surface area contributed by atoms with Crippen LogP contribution in [0.15, 0.2) is 30.6 Å². The molecule has 0 aliphatic carbocycles. The minimum absolute atomic E-state index is 0.361. The lowest BCUT2D eigenvalue weighted by Gasteiger charge is -2.31. The van der Waals surface area contributed by atoms with Crippen molar-refractivity contribution in [2.45, 2.75) is 52.2 Å². The highest BCUT2D eigenvalue weighted by molar-refractivity contribution is 7.71. The lowest BCUT2D eigenvalue weighted by molar-refractivity contribution is 0.136. The van der Waals surface area contributed by atoms with Crippen LogP contribution in [0.3, 0.4) is 0 Å². The molecule has 2 heterocycles. The molecule has 0 unspecified atom stereocenters. The van der Waals surface area contributed by atoms with Gasteiger partial charge in [-0.15, -0.1) is 0 Å². The number of nitrogens with zero attached hydrogens (tertiary/aromatic N) is 4. The fourth-order valence-electron chi connectivity index (χ4n) is 3.57. The smallest absolute Gasteiger partial charge is 0.199 e. The zero-order chi connectivity index (χ0) is 18.5. The predicted octanol–water partition coefficient (Wildman–Crippen LogP) is 4.31. The molecule has 2 aromatic rings. The average molecular weight is 375 g/mol. The van der Waals surface area contributed by atoms with Crippen LogP contribution in [0.2, 0.25) is 0 Å². The van der Waals surface area contributed by atoms with Crippen molar-refractivity contribution >= 4 is 12.2 Å². The van der Waals surface area contributed by atoms with Crippen LogP contribution in [-0.4, -0.2) is 39.4 Å². The van der Waals surface area contributed by atoms with Crippen LogP contribution >= 0.6 is 12.2 Å². The second-order valence-electron chi connectivity index (χ2n) is 7.50. The van der Waals surface area contributed by atoms with Crippen LogP contribution in [0.25, 0.3) is 0 Å². The van der Waals surface area contributed by atoms with Gasteiger partial charge < -0.3 is 9.30 Å². The Morgan fingerprint density at radius 2 is 1.88 bits per heavy atom. The minimum atomic E-state index is 0.361. The van der Waals surface area contributed by atoms with Gasteiger partial charge >= 0.3 is 0 Å². The number of ether oxygens (including phenoxy) is 1. The van der Waals surface area contributed by atoms with E-state index < -0.39 is 0 Å². The Labute approximate surface area is 161 Å². The molecule has 0 N–H and O–H groups in total. The SMILES string of the molecule is COc1ccc(CCC2CCN(Cn3ncn(C(C)C)c3=S)CC2)cc1. The number of aryl methyl sites for hydroxylation is 1. The summed E-state index contributed by atoms with van der Waals surface area (Å²) in [6.07, 6.45) is 6.79.